The number of nitrogens with one attached hydrogen (secondary N) is 1. The molecule has 0 bridgehead atoms. The number of amides is 2. The summed E-state index contributed by atoms with van der Waals surface area (Å²) in [7, 11) is 0. The van der Waals surface area contributed by atoms with Crippen LogP contribution in [0.5, 0.6) is 0 Å². The number of nitrogens with zero attached hydrogens (tertiary/aromatic N) is 2. The monoisotopic (exact) mass is 387 g/mol. The van der Waals surface area contributed by atoms with E-state index in [4.69, 9.17) is 0 Å². The maximum absolute atomic E-state index is 13.2. The van der Waals surface area contributed by atoms with E-state index in [2.05, 4.69) is 29.4 Å². The van der Waals surface area contributed by atoms with E-state index in [0.29, 0.717) is 13.1 Å². The number of hydrogen-bond donors (Lipinski definition) is 1. The Bertz CT molecular complexity index is 676. The molecule has 2 saturated heterocycles. The van der Waals surface area contributed by atoms with Crippen LogP contribution in [0, 0.1) is 0 Å². The smallest absolute Gasteiger partial charge is 0.237 e. The molecule has 0 aliphatic carbocycles. The number of piperazine rings is 1. The van der Waals surface area contributed by atoms with Crippen LogP contribution in [-0.2, 0) is 16.1 Å². The van der Waals surface area contributed by atoms with Crippen molar-refractivity contribution in [2.75, 3.05) is 19.6 Å². The zero-order valence-electron chi connectivity index (χ0n) is 15.9. The summed E-state index contributed by atoms with van der Waals surface area (Å²) in [5, 5.41) is 4.97. The van der Waals surface area contributed by atoms with Gasteiger partial charge in [0, 0.05) is 36.6 Å². The molecule has 3 rings (SSSR count). The number of carbonyl (C=O) groups is 2. The van der Waals surface area contributed by atoms with E-state index in [1.54, 1.807) is 11.3 Å². The van der Waals surface area contributed by atoms with Gasteiger partial charge < -0.3 is 10.2 Å². The quantitative estimate of drug-likeness (QED) is 0.698. The van der Waals surface area contributed by atoms with Crippen molar-refractivity contribution in [3.63, 3.8) is 0 Å². The van der Waals surface area contributed by atoms with Gasteiger partial charge in [0.1, 0.15) is 0 Å². The molecule has 0 unspecified atom stereocenters. The molecular weight excluding hydrogens is 358 g/mol. The molecular formula is C21H29N3O2S. The molecule has 2 aliphatic rings. The molecule has 6 heteroatoms. The normalized spacial score (nSPS) is 22.4. The van der Waals surface area contributed by atoms with Crippen LogP contribution in [0.25, 0.3) is 0 Å². The summed E-state index contributed by atoms with van der Waals surface area (Å²) in [6, 6.07) is 3.70. The second kappa shape index (κ2) is 8.85. The van der Waals surface area contributed by atoms with Crippen LogP contribution >= 0.6 is 11.3 Å². The Morgan fingerprint density at radius 1 is 1.33 bits per heavy atom. The van der Waals surface area contributed by atoms with Crippen LogP contribution in [-0.4, -0.2) is 52.8 Å². The molecule has 2 amide bonds. The molecule has 0 radical (unpaired) electrons. The summed E-state index contributed by atoms with van der Waals surface area (Å²) in [5.41, 5.74) is -0.218. The van der Waals surface area contributed by atoms with Gasteiger partial charge in [0.05, 0.1) is 12.5 Å². The van der Waals surface area contributed by atoms with Gasteiger partial charge >= 0.3 is 0 Å². The average molecular weight is 388 g/mol. The number of rotatable bonds is 8. The van der Waals surface area contributed by atoms with Crippen molar-refractivity contribution in [1.82, 2.24) is 15.1 Å². The van der Waals surface area contributed by atoms with Gasteiger partial charge in [-0.1, -0.05) is 18.2 Å². The Morgan fingerprint density at radius 2 is 2.11 bits per heavy atom. The summed E-state index contributed by atoms with van der Waals surface area (Å²) >= 11 is 1.69. The maximum Gasteiger partial charge on any atom is 0.237 e. The third-order valence-corrected chi connectivity index (χ3v) is 6.56. The molecule has 1 aromatic rings. The highest BCUT2D eigenvalue weighted by atomic mass is 32.1. The number of hydrogen-bond acceptors (Lipinski definition) is 4. The standard InChI is InChI=1S/C21H29N3O2S/c1-3-8-21(9-4-2)10-6-12-24(21)19(25)15-18-20(26)22-11-13-23(18)16-17-7-5-14-27-17/h3-5,7,14,18H,1-2,6,8-13,15-16H2,(H,22,26)/t18-/m0/s1. The minimum Gasteiger partial charge on any atom is -0.353 e. The van der Waals surface area contributed by atoms with E-state index in [-0.39, 0.29) is 23.8 Å². The molecule has 2 aliphatic heterocycles. The molecule has 0 aromatic carbocycles. The van der Waals surface area contributed by atoms with Crippen molar-refractivity contribution in [3.8, 4) is 0 Å². The zero-order chi connectivity index (χ0) is 19.3. The third kappa shape index (κ3) is 4.33. The Balaban J connectivity index is 1.74. The van der Waals surface area contributed by atoms with Gasteiger partial charge in [-0.2, -0.15) is 0 Å². The van der Waals surface area contributed by atoms with Gasteiger partial charge in [-0.15, -0.1) is 24.5 Å². The highest BCUT2D eigenvalue weighted by Crippen LogP contribution is 2.37. The lowest BCUT2D eigenvalue weighted by molar-refractivity contribution is -0.141. The number of carbonyl (C=O) groups excluding carboxylic acids is 2. The first kappa shape index (κ1) is 19.8. The summed E-state index contributed by atoms with van der Waals surface area (Å²) in [6.45, 7) is 10.6. The Morgan fingerprint density at radius 3 is 2.78 bits per heavy atom. The van der Waals surface area contributed by atoms with Gasteiger partial charge in [0.2, 0.25) is 11.8 Å². The van der Waals surface area contributed by atoms with Crippen molar-refractivity contribution in [3.05, 3.63) is 47.7 Å². The molecule has 27 heavy (non-hydrogen) atoms. The topological polar surface area (TPSA) is 52.7 Å². The first-order valence-corrected chi connectivity index (χ1v) is 10.5. The lowest BCUT2D eigenvalue weighted by Gasteiger charge is -2.40. The lowest BCUT2D eigenvalue weighted by atomic mass is 9.87. The number of thiophene rings is 1. The van der Waals surface area contributed by atoms with E-state index >= 15 is 0 Å². The molecule has 3 heterocycles. The van der Waals surface area contributed by atoms with Crippen molar-refractivity contribution < 1.29 is 9.59 Å². The van der Waals surface area contributed by atoms with Crippen molar-refractivity contribution >= 4 is 23.2 Å². The van der Waals surface area contributed by atoms with E-state index in [1.165, 1.54) is 4.88 Å². The highest BCUT2D eigenvalue weighted by Gasteiger charge is 2.43. The molecule has 1 atom stereocenters. The van der Waals surface area contributed by atoms with Crippen LogP contribution < -0.4 is 5.32 Å². The lowest BCUT2D eigenvalue weighted by Crippen LogP contribution is -2.57. The second-order valence-electron chi connectivity index (χ2n) is 7.42. The van der Waals surface area contributed by atoms with Gasteiger partial charge in [-0.3, -0.25) is 14.5 Å². The largest absolute Gasteiger partial charge is 0.353 e. The van der Waals surface area contributed by atoms with E-state index in [9.17, 15) is 9.59 Å². The van der Waals surface area contributed by atoms with Gasteiger partial charge in [0.25, 0.3) is 0 Å². The Labute approximate surface area is 165 Å². The van der Waals surface area contributed by atoms with Gasteiger partial charge in [0.15, 0.2) is 0 Å². The minimum atomic E-state index is -0.404. The van der Waals surface area contributed by atoms with Crippen molar-refractivity contribution in [2.45, 2.75) is 50.2 Å². The molecule has 0 spiro atoms. The molecule has 146 valence electrons. The Kier molecular flexibility index (Phi) is 6.50. The molecule has 0 saturated carbocycles. The van der Waals surface area contributed by atoms with Crippen LogP contribution in [0.3, 0.4) is 0 Å². The van der Waals surface area contributed by atoms with Crippen LogP contribution in [0.2, 0.25) is 0 Å². The molecule has 1 N–H and O–H groups in total. The fourth-order valence-corrected chi connectivity index (χ4v) is 5.15. The van der Waals surface area contributed by atoms with Crippen LogP contribution in [0.4, 0.5) is 0 Å². The summed E-state index contributed by atoms with van der Waals surface area (Å²) < 4.78 is 0. The van der Waals surface area contributed by atoms with Crippen LogP contribution in [0.15, 0.2) is 42.8 Å². The van der Waals surface area contributed by atoms with Gasteiger partial charge in [-0.05, 0) is 37.1 Å². The first-order chi connectivity index (χ1) is 13.1. The predicted octanol–water partition coefficient (Wildman–Crippen LogP) is 2.95. The molecule has 1 aromatic heterocycles. The number of likely N-dealkylation sites (tertiary alicyclic amines) is 1. The van der Waals surface area contributed by atoms with E-state index in [1.807, 2.05) is 28.5 Å². The van der Waals surface area contributed by atoms with E-state index in [0.717, 1.165) is 38.8 Å². The summed E-state index contributed by atoms with van der Waals surface area (Å²) in [6.07, 6.45) is 7.50. The van der Waals surface area contributed by atoms with Crippen molar-refractivity contribution in [1.29, 1.82) is 0 Å². The minimum absolute atomic E-state index is 0.0385. The first-order valence-electron chi connectivity index (χ1n) is 9.66. The summed E-state index contributed by atoms with van der Waals surface area (Å²) in [5.74, 6) is 0.0258. The fourth-order valence-electron chi connectivity index (χ4n) is 4.42. The zero-order valence-corrected chi connectivity index (χ0v) is 16.7. The Hall–Kier alpha value is -1.92. The van der Waals surface area contributed by atoms with Crippen LogP contribution in [0.1, 0.15) is 37.0 Å². The summed E-state index contributed by atoms with van der Waals surface area (Å²) in [4.78, 5) is 31.1. The second-order valence-corrected chi connectivity index (χ2v) is 8.45. The molecule has 5 nitrogen and oxygen atoms in total. The highest BCUT2D eigenvalue weighted by molar-refractivity contribution is 7.09. The van der Waals surface area contributed by atoms with Crippen molar-refractivity contribution in [2.24, 2.45) is 0 Å². The SMILES string of the molecule is C=CCC1(CC=C)CCCN1C(=O)C[C@H]1C(=O)NCCN1Cc1cccs1. The maximum atomic E-state index is 13.2. The fraction of sp³-hybridized carbons (Fsp3) is 0.524. The third-order valence-electron chi connectivity index (χ3n) is 5.69. The predicted molar refractivity (Wildman–Crippen MR) is 109 cm³/mol. The molecule has 2 fully saturated rings. The van der Waals surface area contributed by atoms with Gasteiger partial charge in [-0.25, -0.2) is 0 Å². The van der Waals surface area contributed by atoms with E-state index < -0.39 is 6.04 Å². The average Bonchev–Trinajstić information content (AvgIpc) is 3.29.